The molecule has 2 aliphatic rings. The molecule has 98 valence electrons. The summed E-state index contributed by atoms with van der Waals surface area (Å²) in [6, 6.07) is 8.39. The van der Waals surface area contributed by atoms with Crippen molar-refractivity contribution < 1.29 is 9.84 Å². The van der Waals surface area contributed by atoms with Crippen LogP contribution in [0.15, 0.2) is 24.3 Å². The first-order chi connectivity index (χ1) is 8.84. The van der Waals surface area contributed by atoms with E-state index < -0.39 is 0 Å². The molecule has 3 rings (SSSR count). The topological polar surface area (TPSA) is 29.5 Å². The van der Waals surface area contributed by atoms with E-state index in [0.717, 1.165) is 19.4 Å². The Hall–Kier alpha value is -0.860. The summed E-state index contributed by atoms with van der Waals surface area (Å²) in [6.07, 6.45) is 6.67. The van der Waals surface area contributed by atoms with Crippen molar-refractivity contribution in [2.45, 2.75) is 50.7 Å². The van der Waals surface area contributed by atoms with E-state index in [1.807, 2.05) is 6.07 Å². The zero-order valence-electron chi connectivity index (χ0n) is 10.8. The van der Waals surface area contributed by atoms with Gasteiger partial charge >= 0.3 is 0 Å². The molecular formula is C16H22O2. The standard InChI is InChI=1S/C16H22O2/c17-15(11-12-5-1-2-6-12)16-14-8-4-3-7-13(14)9-10-18-16/h3-4,7-8,12,15-17H,1-2,5-6,9-11H2. The van der Waals surface area contributed by atoms with Gasteiger partial charge in [-0.2, -0.15) is 0 Å². The summed E-state index contributed by atoms with van der Waals surface area (Å²) in [5, 5.41) is 10.5. The molecule has 0 amide bonds. The number of rotatable bonds is 3. The van der Waals surface area contributed by atoms with E-state index in [-0.39, 0.29) is 12.2 Å². The molecule has 1 heterocycles. The van der Waals surface area contributed by atoms with Crippen molar-refractivity contribution in [3.05, 3.63) is 35.4 Å². The van der Waals surface area contributed by atoms with Gasteiger partial charge in [0.25, 0.3) is 0 Å². The van der Waals surface area contributed by atoms with E-state index in [0.29, 0.717) is 5.92 Å². The van der Waals surface area contributed by atoms with Gasteiger partial charge in [0.2, 0.25) is 0 Å². The van der Waals surface area contributed by atoms with Crippen molar-refractivity contribution in [3.8, 4) is 0 Å². The van der Waals surface area contributed by atoms with Crippen molar-refractivity contribution in [2.24, 2.45) is 5.92 Å². The zero-order valence-corrected chi connectivity index (χ0v) is 10.8. The summed E-state index contributed by atoms with van der Waals surface area (Å²) < 4.78 is 5.83. The fraction of sp³-hybridized carbons (Fsp3) is 0.625. The molecule has 2 unspecified atom stereocenters. The summed E-state index contributed by atoms with van der Waals surface area (Å²) in [7, 11) is 0. The lowest BCUT2D eigenvalue weighted by atomic mass is 9.89. The van der Waals surface area contributed by atoms with Gasteiger partial charge in [0.1, 0.15) is 6.10 Å². The molecular weight excluding hydrogens is 224 g/mol. The van der Waals surface area contributed by atoms with Crippen LogP contribution in [-0.2, 0) is 11.2 Å². The van der Waals surface area contributed by atoms with Gasteiger partial charge in [0.05, 0.1) is 12.7 Å². The Labute approximate surface area is 109 Å². The SMILES string of the molecule is OC(CC1CCCC1)C1OCCc2ccccc21. The number of fused-ring (bicyclic) bond motifs is 1. The number of ether oxygens (including phenoxy) is 1. The van der Waals surface area contributed by atoms with Gasteiger partial charge < -0.3 is 9.84 Å². The molecule has 18 heavy (non-hydrogen) atoms. The molecule has 0 aromatic heterocycles. The fourth-order valence-electron chi connectivity index (χ4n) is 3.45. The van der Waals surface area contributed by atoms with Crippen LogP contribution in [0.3, 0.4) is 0 Å². The van der Waals surface area contributed by atoms with Crippen molar-refractivity contribution >= 4 is 0 Å². The van der Waals surface area contributed by atoms with Gasteiger partial charge in [0, 0.05) is 0 Å². The summed E-state index contributed by atoms with van der Waals surface area (Å²) in [6.45, 7) is 0.739. The molecule has 0 saturated heterocycles. The van der Waals surface area contributed by atoms with Gasteiger partial charge in [0.15, 0.2) is 0 Å². The molecule has 1 aromatic rings. The highest BCUT2D eigenvalue weighted by molar-refractivity contribution is 5.31. The van der Waals surface area contributed by atoms with Gasteiger partial charge in [-0.15, -0.1) is 0 Å². The normalized spacial score (nSPS) is 25.9. The van der Waals surface area contributed by atoms with Crippen LogP contribution in [-0.4, -0.2) is 17.8 Å². The van der Waals surface area contributed by atoms with Crippen molar-refractivity contribution in [1.82, 2.24) is 0 Å². The van der Waals surface area contributed by atoms with Crippen LogP contribution in [0.1, 0.15) is 49.3 Å². The Morgan fingerprint density at radius 2 is 2.00 bits per heavy atom. The minimum absolute atomic E-state index is 0.101. The summed E-state index contributed by atoms with van der Waals surface area (Å²) >= 11 is 0. The Balaban J connectivity index is 1.72. The average molecular weight is 246 g/mol. The lowest BCUT2D eigenvalue weighted by molar-refractivity contribution is -0.0550. The summed E-state index contributed by atoms with van der Waals surface area (Å²) in [5.41, 5.74) is 2.55. The first-order valence-corrected chi connectivity index (χ1v) is 7.22. The number of hydrogen-bond donors (Lipinski definition) is 1. The molecule has 1 fully saturated rings. The van der Waals surface area contributed by atoms with E-state index in [4.69, 9.17) is 4.74 Å². The maximum atomic E-state index is 10.5. The maximum Gasteiger partial charge on any atom is 0.109 e. The van der Waals surface area contributed by atoms with Gasteiger partial charge in [-0.3, -0.25) is 0 Å². The third-order valence-electron chi connectivity index (χ3n) is 4.43. The molecule has 1 aromatic carbocycles. The van der Waals surface area contributed by atoms with E-state index in [1.165, 1.54) is 36.8 Å². The van der Waals surface area contributed by atoms with Crippen LogP contribution in [0.4, 0.5) is 0 Å². The lowest BCUT2D eigenvalue weighted by Gasteiger charge is -2.31. The maximum absolute atomic E-state index is 10.5. The quantitative estimate of drug-likeness (QED) is 0.887. The third kappa shape index (κ3) is 2.45. The second kappa shape index (κ2) is 5.41. The van der Waals surface area contributed by atoms with Crippen molar-refractivity contribution in [3.63, 3.8) is 0 Å². The Kier molecular flexibility index (Phi) is 3.67. The van der Waals surface area contributed by atoms with E-state index in [2.05, 4.69) is 18.2 Å². The third-order valence-corrected chi connectivity index (χ3v) is 4.43. The molecule has 1 aliphatic carbocycles. The Morgan fingerprint density at radius 3 is 2.83 bits per heavy atom. The van der Waals surface area contributed by atoms with Crippen molar-refractivity contribution in [1.29, 1.82) is 0 Å². The van der Waals surface area contributed by atoms with Gasteiger partial charge in [-0.25, -0.2) is 0 Å². The van der Waals surface area contributed by atoms with Crippen LogP contribution < -0.4 is 0 Å². The van der Waals surface area contributed by atoms with Gasteiger partial charge in [-0.1, -0.05) is 49.9 Å². The predicted molar refractivity (Wildman–Crippen MR) is 71.4 cm³/mol. The highest BCUT2D eigenvalue weighted by Gasteiger charge is 2.29. The van der Waals surface area contributed by atoms with Crippen LogP contribution in [0.2, 0.25) is 0 Å². The van der Waals surface area contributed by atoms with Crippen molar-refractivity contribution in [2.75, 3.05) is 6.61 Å². The lowest BCUT2D eigenvalue weighted by Crippen LogP contribution is -2.28. The molecule has 0 bridgehead atoms. The first-order valence-electron chi connectivity index (χ1n) is 7.22. The van der Waals surface area contributed by atoms with Crippen LogP contribution in [0, 0.1) is 5.92 Å². The highest BCUT2D eigenvalue weighted by Crippen LogP contribution is 2.35. The minimum atomic E-state index is -0.338. The van der Waals surface area contributed by atoms with E-state index >= 15 is 0 Å². The van der Waals surface area contributed by atoms with Crippen LogP contribution in [0.5, 0.6) is 0 Å². The van der Waals surface area contributed by atoms with Crippen LogP contribution >= 0.6 is 0 Å². The Bertz CT molecular complexity index is 396. The highest BCUT2D eigenvalue weighted by atomic mass is 16.5. The molecule has 1 saturated carbocycles. The zero-order chi connectivity index (χ0) is 12.4. The predicted octanol–water partition coefficient (Wildman–Crippen LogP) is 3.24. The number of aliphatic hydroxyl groups excluding tert-OH is 1. The number of aliphatic hydroxyl groups is 1. The van der Waals surface area contributed by atoms with E-state index in [9.17, 15) is 5.11 Å². The molecule has 2 heteroatoms. The van der Waals surface area contributed by atoms with E-state index in [1.54, 1.807) is 0 Å². The molecule has 0 radical (unpaired) electrons. The number of hydrogen-bond acceptors (Lipinski definition) is 2. The van der Waals surface area contributed by atoms with Gasteiger partial charge in [-0.05, 0) is 29.9 Å². The average Bonchev–Trinajstić information content (AvgIpc) is 2.91. The number of benzene rings is 1. The second-order valence-electron chi connectivity index (χ2n) is 5.69. The summed E-state index contributed by atoms with van der Waals surface area (Å²) in [5.74, 6) is 0.706. The van der Waals surface area contributed by atoms with Crippen LogP contribution in [0.25, 0.3) is 0 Å². The molecule has 0 spiro atoms. The first kappa shape index (κ1) is 12.2. The summed E-state index contributed by atoms with van der Waals surface area (Å²) in [4.78, 5) is 0. The molecule has 1 aliphatic heterocycles. The smallest absolute Gasteiger partial charge is 0.109 e. The molecule has 1 N–H and O–H groups in total. The molecule has 2 nitrogen and oxygen atoms in total. The fourth-order valence-corrected chi connectivity index (χ4v) is 3.45. The Morgan fingerprint density at radius 1 is 1.22 bits per heavy atom. The monoisotopic (exact) mass is 246 g/mol. The minimum Gasteiger partial charge on any atom is -0.390 e. The molecule has 2 atom stereocenters. The second-order valence-corrected chi connectivity index (χ2v) is 5.69. The largest absolute Gasteiger partial charge is 0.390 e.